The van der Waals surface area contributed by atoms with Gasteiger partial charge in [0.25, 0.3) is 0 Å². The van der Waals surface area contributed by atoms with E-state index in [2.05, 4.69) is 11.8 Å². The minimum absolute atomic E-state index is 0.568. The summed E-state index contributed by atoms with van der Waals surface area (Å²) >= 11 is 0. The molecule has 6 N–H and O–H groups in total. The fourth-order valence-corrected chi connectivity index (χ4v) is 4.11. The minimum atomic E-state index is 0.568. The molecule has 0 atom stereocenters. The summed E-state index contributed by atoms with van der Waals surface area (Å²) in [7, 11) is 5.43. The van der Waals surface area contributed by atoms with E-state index in [1.807, 2.05) is 21.6 Å². The molecule has 0 aromatic rings. The predicted molar refractivity (Wildman–Crippen MR) is 126 cm³/mol. The van der Waals surface area contributed by atoms with Crippen LogP contribution in [-0.2, 0) is 14.2 Å². The summed E-state index contributed by atoms with van der Waals surface area (Å²) in [5.74, 6) is 2.34. The highest BCUT2D eigenvalue weighted by Crippen LogP contribution is 2.20. The molecule has 0 bridgehead atoms. The highest BCUT2D eigenvalue weighted by atomic mass is 33.1. The van der Waals surface area contributed by atoms with Crippen LogP contribution in [0.5, 0.6) is 0 Å². The van der Waals surface area contributed by atoms with Crippen LogP contribution in [0.1, 0.15) is 32.6 Å². The summed E-state index contributed by atoms with van der Waals surface area (Å²) in [4.78, 5) is 2.49. The first-order valence-electron chi connectivity index (χ1n) is 10.5. The maximum Gasteiger partial charge on any atom is 0.0701 e. The predicted octanol–water partition coefficient (Wildman–Crippen LogP) is 1.79. The average molecular weight is 443 g/mol. The topological polar surface area (TPSA) is 109 Å². The zero-order chi connectivity index (χ0) is 21.1. The fraction of sp³-hybridized carbons (Fsp3) is 1.00. The van der Waals surface area contributed by atoms with E-state index in [-0.39, 0.29) is 0 Å². The molecule has 1 aliphatic rings. The van der Waals surface area contributed by atoms with E-state index >= 15 is 0 Å². The van der Waals surface area contributed by atoms with Crippen LogP contribution in [0.4, 0.5) is 0 Å². The molecule has 1 fully saturated rings. The fourth-order valence-electron chi connectivity index (χ4n) is 2.12. The van der Waals surface area contributed by atoms with Crippen LogP contribution < -0.4 is 17.2 Å². The molecule has 1 aliphatic heterocycles. The third-order valence-corrected chi connectivity index (χ3v) is 6.16. The van der Waals surface area contributed by atoms with Crippen molar-refractivity contribution in [2.45, 2.75) is 32.6 Å². The molecule has 0 aliphatic carbocycles. The molecular formula is C19H46N4O3S2. The van der Waals surface area contributed by atoms with Gasteiger partial charge in [0, 0.05) is 31.7 Å². The highest BCUT2D eigenvalue weighted by molar-refractivity contribution is 8.76. The minimum Gasteiger partial charge on any atom is -0.382 e. The molecule has 1 heterocycles. The molecule has 1 saturated heterocycles. The van der Waals surface area contributed by atoms with Crippen molar-refractivity contribution in [3.05, 3.63) is 0 Å². The van der Waals surface area contributed by atoms with Crippen molar-refractivity contribution in [2.24, 2.45) is 17.2 Å². The molecule has 0 spiro atoms. The number of rotatable bonds is 16. The molecule has 0 unspecified atom stereocenters. The van der Waals surface area contributed by atoms with Crippen molar-refractivity contribution in [3.63, 3.8) is 0 Å². The van der Waals surface area contributed by atoms with Crippen LogP contribution in [-0.4, -0.2) is 95.8 Å². The van der Waals surface area contributed by atoms with Crippen LogP contribution in [0.2, 0.25) is 0 Å². The summed E-state index contributed by atoms with van der Waals surface area (Å²) in [5.41, 5.74) is 15.9. The first-order valence-corrected chi connectivity index (χ1v) is 13.0. The Morgan fingerprint density at radius 3 is 1.93 bits per heavy atom. The standard InChI is InChI=1S/C7H16N2.C7H17NO3.C5H13NS2/c8-4-3-7-9-5-1-2-6-9;1-9-4-5-11-7-6-10-3-2-8;1-2-4-7-8-5-3-6/h1-8H2;2-8H2,1H3;2-6H2,1H3. The Kier molecular flexibility index (Phi) is 32.4. The molecule has 172 valence electrons. The summed E-state index contributed by atoms with van der Waals surface area (Å²) in [6.07, 6.45) is 5.22. The molecule has 0 saturated carbocycles. The molecule has 0 aromatic carbocycles. The van der Waals surface area contributed by atoms with Crippen molar-refractivity contribution >= 4 is 21.6 Å². The number of nitrogens with two attached hydrogens (primary N) is 3. The van der Waals surface area contributed by atoms with Crippen LogP contribution in [0.15, 0.2) is 0 Å². The third kappa shape index (κ3) is 28.6. The quantitative estimate of drug-likeness (QED) is 0.243. The highest BCUT2D eigenvalue weighted by Gasteiger charge is 2.09. The lowest BCUT2D eigenvalue weighted by Crippen LogP contribution is -2.22. The van der Waals surface area contributed by atoms with Gasteiger partial charge in [0.1, 0.15) is 0 Å². The number of methoxy groups -OCH3 is 1. The molecule has 0 radical (unpaired) electrons. The number of ether oxygens (including phenoxy) is 3. The van der Waals surface area contributed by atoms with Crippen molar-refractivity contribution in [2.75, 3.05) is 90.9 Å². The third-order valence-electron chi connectivity index (χ3n) is 3.52. The van der Waals surface area contributed by atoms with Gasteiger partial charge in [0.05, 0.1) is 33.0 Å². The smallest absolute Gasteiger partial charge is 0.0701 e. The lowest BCUT2D eigenvalue weighted by atomic mass is 10.4. The van der Waals surface area contributed by atoms with Crippen molar-refractivity contribution in [1.29, 1.82) is 0 Å². The van der Waals surface area contributed by atoms with Gasteiger partial charge in [-0.2, -0.15) is 0 Å². The van der Waals surface area contributed by atoms with Crippen LogP contribution >= 0.6 is 21.6 Å². The molecule has 28 heavy (non-hydrogen) atoms. The SMILES string of the molecule is CCCSSCCN.COCCOCCOCCN.NCCCN1CCCC1. The normalized spacial score (nSPS) is 13.6. The van der Waals surface area contributed by atoms with Crippen LogP contribution in [0.25, 0.3) is 0 Å². The zero-order valence-electron chi connectivity index (χ0n) is 18.2. The molecular weight excluding hydrogens is 396 g/mol. The van der Waals surface area contributed by atoms with Gasteiger partial charge in [-0.05, 0) is 51.9 Å². The summed E-state index contributed by atoms with van der Waals surface area (Å²) < 4.78 is 15.0. The van der Waals surface area contributed by atoms with Crippen molar-refractivity contribution in [3.8, 4) is 0 Å². The Hall–Kier alpha value is 0.420. The van der Waals surface area contributed by atoms with Crippen molar-refractivity contribution < 1.29 is 14.2 Å². The lowest BCUT2D eigenvalue weighted by Gasteiger charge is -2.12. The van der Waals surface area contributed by atoms with Gasteiger partial charge in [-0.3, -0.25) is 0 Å². The van der Waals surface area contributed by atoms with Gasteiger partial charge in [-0.1, -0.05) is 28.5 Å². The molecule has 9 heteroatoms. The number of nitrogens with zero attached hydrogens (tertiary/aromatic N) is 1. The van der Waals surface area contributed by atoms with Crippen molar-refractivity contribution in [1.82, 2.24) is 4.90 Å². The Morgan fingerprint density at radius 1 is 0.786 bits per heavy atom. The lowest BCUT2D eigenvalue weighted by molar-refractivity contribution is 0.0267. The summed E-state index contributed by atoms with van der Waals surface area (Å²) in [6.45, 7) is 11.3. The Bertz CT molecular complexity index is 251. The van der Waals surface area contributed by atoms with E-state index in [0.717, 1.165) is 18.8 Å². The average Bonchev–Trinajstić information content (AvgIpc) is 3.24. The Balaban J connectivity index is 0. The first-order chi connectivity index (χ1) is 13.8. The van der Waals surface area contributed by atoms with E-state index in [1.165, 1.54) is 51.1 Å². The molecule has 1 rings (SSSR count). The van der Waals surface area contributed by atoms with E-state index in [9.17, 15) is 0 Å². The van der Waals surface area contributed by atoms with E-state index < -0.39 is 0 Å². The number of likely N-dealkylation sites (tertiary alicyclic amines) is 1. The molecule has 0 amide bonds. The van der Waals surface area contributed by atoms with Gasteiger partial charge >= 0.3 is 0 Å². The van der Waals surface area contributed by atoms with E-state index in [4.69, 9.17) is 31.4 Å². The molecule has 0 aromatic heterocycles. The first kappa shape index (κ1) is 30.6. The van der Waals surface area contributed by atoms with Gasteiger partial charge in [0.2, 0.25) is 0 Å². The monoisotopic (exact) mass is 442 g/mol. The maximum absolute atomic E-state index is 5.38. The maximum atomic E-state index is 5.38. The van der Waals surface area contributed by atoms with E-state index in [1.54, 1.807) is 7.11 Å². The van der Waals surface area contributed by atoms with E-state index in [0.29, 0.717) is 39.6 Å². The second-order valence-electron chi connectivity index (χ2n) is 6.13. The largest absolute Gasteiger partial charge is 0.382 e. The van der Waals surface area contributed by atoms with Gasteiger partial charge in [-0.25, -0.2) is 0 Å². The van der Waals surface area contributed by atoms with Crippen LogP contribution in [0, 0.1) is 0 Å². The Morgan fingerprint density at radius 2 is 1.39 bits per heavy atom. The molecule has 7 nitrogen and oxygen atoms in total. The van der Waals surface area contributed by atoms with Gasteiger partial charge < -0.3 is 36.3 Å². The second kappa shape index (κ2) is 29.6. The van der Waals surface area contributed by atoms with Gasteiger partial charge in [0.15, 0.2) is 0 Å². The zero-order valence-corrected chi connectivity index (χ0v) is 19.9. The summed E-state index contributed by atoms with van der Waals surface area (Å²) in [6, 6.07) is 0. The van der Waals surface area contributed by atoms with Gasteiger partial charge in [-0.15, -0.1) is 0 Å². The number of hydrogen-bond donors (Lipinski definition) is 3. The second-order valence-corrected chi connectivity index (χ2v) is 8.83. The number of hydrogen-bond acceptors (Lipinski definition) is 9. The Labute approximate surface area is 181 Å². The summed E-state index contributed by atoms with van der Waals surface area (Å²) in [5, 5.41) is 0. The van der Waals surface area contributed by atoms with Crippen LogP contribution in [0.3, 0.4) is 0 Å².